The summed E-state index contributed by atoms with van der Waals surface area (Å²) in [5.74, 6) is -2.53. The highest BCUT2D eigenvalue weighted by Gasteiger charge is 2.38. The lowest BCUT2D eigenvalue weighted by Crippen LogP contribution is -2.41. The first-order valence-electron chi connectivity index (χ1n) is 6.69. The minimum Gasteiger partial charge on any atom is -0.419 e. The SMILES string of the molecule is CN(C)Cc1cccc(C=C2C(=O)OC(C)(C)OC2=O)c1. The van der Waals surface area contributed by atoms with Crippen molar-refractivity contribution in [2.45, 2.75) is 26.2 Å². The Morgan fingerprint density at radius 2 is 1.76 bits per heavy atom. The van der Waals surface area contributed by atoms with Gasteiger partial charge in [-0.25, -0.2) is 9.59 Å². The van der Waals surface area contributed by atoms with Crippen LogP contribution in [0.5, 0.6) is 0 Å². The van der Waals surface area contributed by atoms with E-state index in [2.05, 4.69) is 0 Å². The van der Waals surface area contributed by atoms with Crippen LogP contribution >= 0.6 is 0 Å². The zero-order valence-electron chi connectivity index (χ0n) is 12.7. The Kier molecular flexibility index (Phi) is 4.14. The van der Waals surface area contributed by atoms with E-state index in [-0.39, 0.29) is 5.57 Å². The van der Waals surface area contributed by atoms with E-state index >= 15 is 0 Å². The Labute approximate surface area is 124 Å². The molecule has 1 fully saturated rings. The van der Waals surface area contributed by atoms with Crippen molar-refractivity contribution in [2.24, 2.45) is 0 Å². The molecule has 0 amide bonds. The van der Waals surface area contributed by atoms with Crippen LogP contribution in [-0.4, -0.2) is 36.7 Å². The van der Waals surface area contributed by atoms with Crippen LogP contribution in [0, 0.1) is 0 Å². The van der Waals surface area contributed by atoms with Crippen LogP contribution in [-0.2, 0) is 25.6 Å². The van der Waals surface area contributed by atoms with Gasteiger partial charge in [-0.05, 0) is 31.3 Å². The molecule has 0 atom stereocenters. The Morgan fingerprint density at radius 1 is 1.14 bits per heavy atom. The van der Waals surface area contributed by atoms with Crippen LogP contribution in [0.2, 0.25) is 0 Å². The minimum atomic E-state index is -1.21. The fraction of sp³-hybridized carbons (Fsp3) is 0.375. The Bertz CT molecular complexity index is 580. The number of benzene rings is 1. The number of hydrogen-bond donors (Lipinski definition) is 0. The molecule has 0 unspecified atom stereocenters. The molecule has 21 heavy (non-hydrogen) atoms. The lowest BCUT2D eigenvalue weighted by atomic mass is 10.1. The highest BCUT2D eigenvalue weighted by molar-refractivity contribution is 6.18. The number of nitrogens with zero attached hydrogens (tertiary/aromatic N) is 1. The van der Waals surface area contributed by atoms with E-state index in [1.54, 1.807) is 0 Å². The highest BCUT2D eigenvalue weighted by Crippen LogP contribution is 2.24. The van der Waals surface area contributed by atoms with Gasteiger partial charge in [0.1, 0.15) is 5.57 Å². The smallest absolute Gasteiger partial charge is 0.348 e. The van der Waals surface area contributed by atoms with Crippen molar-refractivity contribution in [1.29, 1.82) is 0 Å². The summed E-state index contributed by atoms with van der Waals surface area (Å²) in [6, 6.07) is 7.62. The van der Waals surface area contributed by atoms with Gasteiger partial charge in [0.25, 0.3) is 5.79 Å². The lowest BCUT2D eigenvalue weighted by Gasteiger charge is -2.29. The van der Waals surface area contributed by atoms with Crippen molar-refractivity contribution >= 4 is 18.0 Å². The van der Waals surface area contributed by atoms with Crippen LogP contribution in [0.3, 0.4) is 0 Å². The summed E-state index contributed by atoms with van der Waals surface area (Å²) in [6.45, 7) is 3.83. The molecule has 1 saturated heterocycles. The molecular formula is C16H19NO4. The maximum absolute atomic E-state index is 11.9. The number of carbonyl (C=O) groups excluding carboxylic acids is 2. The topological polar surface area (TPSA) is 55.8 Å². The lowest BCUT2D eigenvalue weighted by molar-refractivity contribution is -0.222. The van der Waals surface area contributed by atoms with Gasteiger partial charge >= 0.3 is 11.9 Å². The predicted molar refractivity (Wildman–Crippen MR) is 78.1 cm³/mol. The Balaban J connectivity index is 2.27. The number of hydrogen-bond acceptors (Lipinski definition) is 5. The number of carbonyl (C=O) groups is 2. The van der Waals surface area contributed by atoms with E-state index in [0.717, 1.165) is 17.7 Å². The molecule has 0 bridgehead atoms. The molecule has 0 saturated carbocycles. The summed E-state index contributed by atoms with van der Waals surface area (Å²) in [4.78, 5) is 25.8. The van der Waals surface area contributed by atoms with Crippen LogP contribution in [0.1, 0.15) is 25.0 Å². The number of esters is 2. The third-order valence-corrected chi connectivity index (χ3v) is 2.88. The van der Waals surface area contributed by atoms with Crippen molar-refractivity contribution in [3.05, 3.63) is 41.0 Å². The second-order valence-electron chi connectivity index (χ2n) is 5.72. The van der Waals surface area contributed by atoms with Gasteiger partial charge in [0.05, 0.1) is 0 Å². The van der Waals surface area contributed by atoms with E-state index in [0.29, 0.717) is 0 Å². The van der Waals surface area contributed by atoms with Gasteiger partial charge in [-0.2, -0.15) is 0 Å². The first-order valence-corrected chi connectivity index (χ1v) is 6.69. The van der Waals surface area contributed by atoms with E-state index < -0.39 is 17.7 Å². The fourth-order valence-electron chi connectivity index (χ4n) is 2.09. The second kappa shape index (κ2) is 5.69. The van der Waals surface area contributed by atoms with Crippen molar-refractivity contribution in [3.63, 3.8) is 0 Å². The molecule has 1 aromatic rings. The van der Waals surface area contributed by atoms with Gasteiger partial charge in [0.15, 0.2) is 0 Å². The van der Waals surface area contributed by atoms with Gasteiger partial charge in [-0.15, -0.1) is 0 Å². The van der Waals surface area contributed by atoms with Crippen LogP contribution in [0.15, 0.2) is 29.8 Å². The third-order valence-electron chi connectivity index (χ3n) is 2.88. The summed E-state index contributed by atoms with van der Waals surface area (Å²) in [5, 5.41) is 0. The molecule has 0 N–H and O–H groups in total. The molecule has 1 aliphatic rings. The van der Waals surface area contributed by atoms with Gasteiger partial charge < -0.3 is 14.4 Å². The molecule has 1 heterocycles. The highest BCUT2D eigenvalue weighted by atomic mass is 16.7. The molecular weight excluding hydrogens is 270 g/mol. The standard InChI is InChI=1S/C16H19NO4/c1-16(2)20-14(18)13(15(19)21-16)9-11-6-5-7-12(8-11)10-17(3)4/h5-9H,10H2,1-4H3. The maximum atomic E-state index is 11.9. The monoisotopic (exact) mass is 289 g/mol. The Morgan fingerprint density at radius 3 is 2.33 bits per heavy atom. The minimum absolute atomic E-state index is 0.0867. The molecule has 112 valence electrons. The quantitative estimate of drug-likeness (QED) is 0.484. The van der Waals surface area contributed by atoms with Gasteiger partial charge in [0.2, 0.25) is 0 Å². The van der Waals surface area contributed by atoms with Crippen molar-refractivity contribution in [1.82, 2.24) is 4.90 Å². The zero-order chi connectivity index (χ0) is 15.6. The second-order valence-corrected chi connectivity index (χ2v) is 5.72. The van der Waals surface area contributed by atoms with Crippen LogP contribution < -0.4 is 0 Å². The average Bonchev–Trinajstić information content (AvgIpc) is 2.32. The van der Waals surface area contributed by atoms with E-state index in [9.17, 15) is 9.59 Å². The molecule has 0 aromatic heterocycles. The summed E-state index contributed by atoms with van der Waals surface area (Å²) >= 11 is 0. The summed E-state index contributed by atoms with van der Waals surface area (Å²) in [6.07, 6.45) is 1.50. The van der Waals surface area contributed by atoms with Crippen molar-refractivity contribution in [2.75, 3.05) is 14.1 Å². The Hall–Kier alpha value is -2.14. The number of cyclic esters (lactones) is 2. The molecule has 1 aromatic carbocycles. The fourth-order valence-corrected chi connectivity index (χ4v) is 2.09. The molecule has 2 rings (SSSR count). The summed E-state index contributed by atoms with van der Waals surface area (Å²) < 4.78 is 10.1. The molecule has 5 heteroatoms. The largest absolute Gasteiger partial charge is 0.419 e. The first-order chi connectivity index (χ1) is 9.77. The molecule has 0 spiro atoms. The van der Waals surface area contributed by atoms with E-state index in [1.807, 2.05) is 43.3 Å². The molecule has 1 aliphatic heterocycles. The van der Waals surface area contributed by atoms with Gasteiger partial charge in [0, 0.05) is 20.4 Å². The van der Waals surface area contributed by atoms with Crippen LogP contribution in [0.4, 0.5) is 0 Å². The predicted octanol–water partition coefficient (Wildman–Crippen LogP) is 1.97. The number of ether oxygens (including phenoxy) is 2. The van der Waals surface area contributed by atoms with E-state index in [1.165, 1.54) is 19.9 Å². The normalized spacial score (nSPS) is 17.5. The van der Waals surface area contributed by atoms with Crippen LogP contribution in [0.25, 0.3) is 6.08 Å². The van der Waals surface area contributed by atoms with Crippen molar-refractivity contribution in [3.8, 4) is 0 Å². The molecule has 5 nitrogen and oxygen atoms in total. The maximum Gasteiger partial charge on any atom is 0.348 e. The summed E-state index contributed by atoms with van der Waals surface area (Å²) in [7, 11) is 3.95. The third kappa shape index (κ3) is 3.92. The first kappa shape index (κ1) is 15.3. The van der Waals surface area contributed by atoms with Gasteiger partial charge in [-0.3, -0.25) is 0 Å². The zero-order valence-corrected chi connectivity index (χ0v) is 12.7. The summed E-state index contributed by atoms with van der Waals surface area (Å²) in [5.41, 5.74) is 1.77. The number of rotatable bonds is 3. The average molecular weight is 289 g/mol. The molecule has 0 aliphatic carbocycles. The van der Waals surface area contributed by atoms with Gasteiger partial charge in [-0.1, -0.05) is 24.3 Å². The van der Waals surface area contributed by atoms with Crippen molar-refractivity contribution < 1.29 is 19.1 Å². The van der Waals surface area contributed by atoms with E-state index in [4.69, 9.17) is 9.47 Å². The molecule has 0 radical (unpaired) electrons.